The Morgan fingerprint density at radius 3 is 2.57 bits per heavy atom. The number of fused-ring (bicyclic) bond motifs is 1. The van der Waals surface area contributed by atoms with E-state index in [1.807, 2.05) is 23.6 Å². The molecule has 1 aliphatic carbocycles. The number of nitrogens with one attached hydrogen (secondary N) is 1. The van der Waals surface area contributed by atoms with E-state index in [4.69, 9.17) is 5.14 Å². The van der Waals surface area contributed by atoms with Crippen LogP contribution in [-0.4, -0.2) is 8.42 Å². The predicted octanol–water partition coefficient (Wildman–Crippen LogP) is 2.51. The molecule has 1 aromatic carbocycles. The highest BCUT2D eigenvalue weighted by Gasteiger charge is 2.21. The predicted molar refractivity (Wildman–Crippen MR) is 85.5 cm³/mol. The molecule has 0 spiro atoms. The van der Waals surface area contributed by atoms with Gasteiger partial charge in [0.15, 0.2) is 0 Å². The highest BCUT2D eigenvalue weighted by molar-refractivity contribution is 7.87. The first kappa shape index (κ1) is 14.7. The van der Waals surface area contributed by atoms with E-state index in [2.05, 4.69) is 16.9 Å². The van der Waals surface area contributed by atoms with Crippen molar-refractivity contribution >= 4 is 21.5 Å². The van der Waals surface area contributed by atoms with Gasteiger partial charge in [-0.05, 0) is 53.8 Å². The van der Waals surface area contributed by atoms with Crippen LogP contribution in [0.1, 0.15) is 40.5 Å². The smallest absolute Gasteiger partial charge is 0.216 e. The lowest BCUT2D eigenvalue weighted by molar-refractivity contribution is 0.574. The van der Waals surface area contributed by atoms with Gasteiger partial charge in [-0.1, -0.05) is 24.3 Å². The first-order chi connectivity index (χ1) is 10.0. The van der Waals surface area contributed by atoms with Gasteiger partial charge in [0.05, 0.1) is 6.04 Å². The molecule has 3 N–H and O–H groups in total. The van der Waals surface area contributed by atoms with E-state index < -0.39 is 16.3 Å². The maximum Gasteiger partial charge on any atom is 0.275 e. The average Bonchev–Trinajstić information content (AvgIpc) is 2.97. The molecule has 0 unspecified atom stereocenters. The highest BCUT2D eigenvalue weighted by atomic mass is 32.2. The van der Waals surface area contributed by atoms with Crippen LogP contribution in [0.3, 0.4) is 0 Å². The number of benzene rings is 1. The number of rotatable bonds is 4. The molecular formula is C15H18N2O2S2. The normalized spacial score (nSPS) is 16.4. The summed E-state index contributed by atoms with van der Waals surface area (Å²) in [7, 11) is -3.76. The third kappa shape index (κ3) is 3.52. The van der Waals surface area contributed by atoms with E-state index in [0.717, 1.165) is 23.3 Å². The fraction of sp³-hybridized carbons (Fsp3) is 0.333. The number of thiophene rings is 1. The molecule has 1 heterocycles. The van der Waals surface area contributed by atoms with Gasteiger partial charge < -0.3 is 0 Å². The van der Waals surface area contributed by atoms with Gasteiger partial charge in [0.2, 0.25) is 0 Å². The summed E-state index contributed by atoms with van der Waals surface area (Å²) in [5.41, 5.74) is 3.66. The molecule has 21 heavy (non-hydrogen) atoms. The minimum atomic E-state index is -3.76. The number of nitrogens with two attached hydrogens (primary N) is 1. The van der Waals surface area contributed by atoms with Crippen molar-refractivity contribution in [3.05, 3.63) is 57.3 Å². The standard InChI is InChI=1S/C15H18N2O2S2/c16-21(18,19)17-15(14-6-3-9-20-14)13-8-7-11-4-1-2-5-12(11)10-13/h3,6-10,15,17H,1-2,4-5H2,(H2,16,18,19)/t15-/m1/s1. The van der Waals surface area contributed by atoms with Gasteiger partial charge in [0, 0.05) is 4.88 Å². The summed E-state index contributed by atoms with van der Waals surface area (Å²) in [5.74, 6) is 0. The quantitative estimate of drug-likeness (QED) is 0.908. The average molecular weight is 322 g/mol. The summed E-state index contributed by atoms with van der Waals surface area (Å²) in [4.78, 5) is 0.944. The van der Waals surface area contributed by atoms with Crippen LogP contribution in [0.25, 0.3) is 0 Å². The molecule has 0 saturated carbocycles. The molecule has 1 aliphatic rings. The Bertz CT molecular complexity index is 724. The van der Waals surface area contributed by atoms with Gasteiger partial charge in [-0.2, -0.15) is 13.1 Å². The molecule has 112 valence electrons. The molecule has 1 aromatic heterocycles. The van der Waals surface area contributed by atoms with Crippen molar-refractivity contribution in [3.63, 3.8) is 0 Å². The molecule has 0 amide bonds. The molecule has 6 heteroatoms. The molecule has 0 radical (unpaired) electrons. The Morgan fingerprint density at radius 1 is 1.14 bits per heavy atom. The van der Waals surface area contributed by atoms with E-state index >= 15 is 0 Å². The minimum Gasteiger partial charge on any atom is -0.216 e. The van der Waals surface area contributed by atoms with E-state index in [-0.39, 0.29) is 0 Å². The van der Waals surface area contributed by atoms with Gasteiger partial charge in [0.25, 0.3) is 10.2 Å². The molecule has 2 aromatic rings. The summed E-state index contributed by atoms with van der Waals surface area (Å²) in [6, 6.07) is 9.68. The zero-order chi connectivity index (χ0) is 14.9. The van der Waals surface area contributed by atoms with Crippen molar-refractivity contribution in [2.45, 2.75) is 31.7 Å². The van der Waals surface area contributed by atoms with Gasteiger partial charge in [-0.15, -0.1) is 11.3 Å². The lowest BCUT2D eigenvalue weighted by atomic mass is 9.89. The van der Waals surface area contributed by atoms with Crippen molar-refractivity contribution in [1.29, 1.82) is 0 Å². The molecular weight excluding hydrogens is 304 g/mol. The van der Waals surface area contributed by atoms with Gasteiger partial charge in [-0.3, -0.25) is 0 Å². The fourth-order valence-corrected chi connectivity index (χ4v) is 4.31. The minimum absolute atomic E-state index is 0.410. The molecule has 0 saturated heterocycles. The van der Waals surface area contributed by atoms with Crippen LogP contribution in [0.4, 0.5) is 0 Å². The lowest BCUT2D eigenvalue weighted by Gasteiger charge is -2.21. The van der Waals surface area contributed by atoms with Crippen molar-refractivity contribution in [2.75, 3.05) is 0 Å². The summed E-state index contributed by atoms with van der Waals surface area (Å²) in [6.45, 7) is 0. The second-order valence-corrected chi connectivity index (χ2v) is 7.65. The second-order valence-electron chi connectivity index (χ2n) is 5.35. The summed E-state index contributed by atoms with van der Waals surface area (Å²) in [5, 5.41) is 7.12. The molecule has 1 atom stereocenters. The topological polar surface area (TPSA) is 72.2 Å². The lowest BCUT2D eigenvalue weighted by Crippen LogP contribution is -2.34. The third-order valence-electron chi connectivity index (χ3n) is 3.82. The fourth-order valence-electron chi connectivity index (χ4n) is 2.84. The van der Waals surface area contributed by atoms with Crippen LogP contribution in [0, 0.1) is 0 Å². The van der Waals surface area contributed by atoms with Crippen molar-refractivity contribution in [2.24, 2.45) is 5.14 Å². The zero-order valence-electron chi connectivity index (χ0n) is 11.6. The first-order valence-corrected chi connectivity index (χ1v) is 9.41. The Hall–Kier alpha value is -1.21. The van der Waals surface area contributed by atoms with Gasteiger partial charge >= 0.3 is 0 Å². The third-order valence-corrected chi connectivity index (χ3v) is 5.32. The van der Waals surface area contributed by atoms with Crippen molar-refractivity contribution < 1.29 is 8.42 Å². The van der Waals surface area contributed by atoms with Crippen molar-refractivity contribution in [1.82, 2.24) is 4.72 Å². The Kier molecular flexibility index (Phi) is 4.12. The molecule has 4 nitrogen and oxygen atoms in total. The van der Waals surface area contributed by atoms with E-state index in [1.165, 1.54) is 35.3 Å². The number of aryl methyl sites for hydroxylation is 2. The van der Waals surface area contributed by atoms with Gasteiger partial charge in [0.1, 0.15) is 0 Å². The Labute approximate surface area is 129 Å². The van der Waals surface area contributed by atoms with E-state index in [1.54, 1.807) is 0 Å². The van der Waals surface area contributed by atoms with Crippen molar-refractivity contribution in [3.8, 4) is 0 Å². The van der Waals surface area contributed by atoms with Crippen LogP contribution in [0.2, 0.25) is 0 Å². The van der Waals surface area contributed by atoms with Crippen LogP contribution in [0.15, 0.2) is 35.7 Å². The Morgan fingerprint density at radius 2 is 1.90 bits per heavy atom. The molecule has 0 bridgehead atoms. The first-order valence-electron chi connectivity index (χ1n) is 6.98. The summed E-state index contributed by atoms with van der Waals surface area (Å²) in [6.07, 6.45) is 4.61. The SMILES string of the molecule is NS(=O)(=O)N[C@H](c1ccc2c(c1)CCCC2)c1cccs1. The maximum atomic E-state index is 11.5. The second kappa shape index (κ2) is 5.88. The van der Waals surface area contributed by atoms with Crippen LogP contribution < -0.4 is 9.86 Å². The van der Waals surface area contributed by atoms with Gasteiger partial charge in [-0.25, -0.2) is 5.14 Å². The van der Waals surface area contributed by atoms with Crippen LogP contribution in [-0.2, 0) is 23.1 Å². The molecule has 0 aliphatic heterocycles. The largest absolute Gasteiger partial charge is 0.275 e. The van der Waals surface area contributed by atoms with E-state index in [9.17, 15) is 8.42 Å². The monoisotopic (exact) mass is 322 g/mol. The molecule has 3 rings (SSSR count). The zero-order valence-corrected chi connectivity index (χ0v) is 13.2. The summed E-state index contributed by atoms with van der Waals surface area (Å²) >= 11 is 1.52. The molecule has 0 fully saturated rings. The van der Waals surface area contributed by atoms with Crippen LogP contribution in [0.5, 0.6) is 0 Å². The van der Waals surface area contributed by atoms with E-state index in [0.29, 0.717) is 0 Å². The maximum absolute atomic E-state index is 11.5. The number of hydrogen-bond donors (Lipinski definition) is 2. The Balaban J connectivity index is 2.00. The van der Waals surface area contributed by atoms with Crippen LogP contribution >= 0.6 is 11.3 Å². The summed E-state index contributed by atoms with van der Waals surface area (Å²) < 4.78 is 25.5. The number of hydrogen-bond acceptors (Lipinski definition) is 3. The highest BCUT2D eigenvalue weighted by Crippen LogP contribution is 2.30.